The SMILES string of the molecule is CCc1oc(C(=O)N2CCNC(=O)C2c2ccccc2Cl)cc1C(=O)O. The minimum atomic E-state index is -1.16. The van der Waals surface area contributed by atoms with Gasteiger partial charge >= 0.3 is 5.97 Å². The van der Waals surface area contributed by atoms with Gasteiger partial charge in [-0.05, 0) is 6.07 Å². The van der Waals surface area contributed by atoms with Crippen LogP contribution in [0.25, 0.3) is 0 Å². The van der Waals surface area contributed by atoms with E-state index in [2.05, 4.69) is 5.32 Å². The van der Waals surface area contributed by atoms with E-state index in [4.69, 9.17) is 16.0 Å². The molecular weight excluding hydrogens is 360 g/mol. The summed E-state index contributed by atoms with van der Waals surface area (Å²) >= 11 is 6.21. The van der Waals surface area contributed by atoms with Gasteiger partial charge in [-0.15, -0.1) is 0 Å². The molecule has 2 amide bonds. The van der Waals surface area contributed by atoms with Gasteiger partial charge in [0.1, 0.15) is 17.4 Å². The molecule has 0 saturated carbocycles. The maximum Gasteiger partial charge on any atom is 0.339 e. The number of carboxylic acid groups (broad SMARTS) is 1. The van der Waals surface area contributed by atoms with Crippen LogP contribution >= 0.6 is 11.6 Å². The summed E-state index contributed by atoms with van der Waals surface area (Å²) in [6.45, 7) is 2.28. The number of amides is 2. The Bertz CT molecular complexity index is 876. The van der Waals surface area contributed by atoms with Crippen molar-refractivity contribution in [1.82, 2.24) is 10.2 Å². The van der Waals surface area contributed by atoms with E-state index in [0.29, 0.717) is 23.6 Å². The summed E-state index contributed by atoms with van der Waals surface area (Å²) in [7, 11) is 0. The molecule has 1 atom stereocenters. The van der Waals surface area contributed by atoms with Crippen molar-refractivity contribution in [3.8, 4) is 0 Å². The molecule has 0 bridgehead atoms. The first-order valence-electron chi connectivity index (χ1n) is 8.13. The normalized spacial score (nSPS) is 17.1. The average Bonchev–Trinajstić information content (AvgIpc) is 3.06. The zero-order chi connectivity index (χ0) is 18.8. The molecule has 136 valence electrons. The molecule has 2 aromatic rings. The summed E-state index contributed by atoms with van der Waals surface area (Å²) in [4.78, 5) is 38.1. The van der Waals surface area contributed by atoms with Crippen LogP contribution in [0.3, 0.4) is 0 Å². The monoisotopic (exact) mass is 376 g/mol. The van der Waals surface area contributed by atoms with Crippen LogP contribution in [-0.4, -0.2) is 40.9 Å². The number of nitrogens with one attached hydrogen (secondary N) is 1. The number of aryl methyl sites for hydroxylation is 1. The maximum absolute atomic E-state index is 13.0. The smallest absolute Gasteiger partial charge is 0.339 e. The molecule has 1 aromatic heterocycles. The number of nitrogens with zero attached hydrogens (tertiary/aromatic N) is 1. The third kappa shape index (κ3) is 3.17. The molecule has 1 aliphatic rings. The Morgan fingerprint density at radius 1 is 1.38 bits per heavy atom. The molecule has 1 aromatic carbocycles. The van der Waals surface area contributed by atoms with E-state index >= 15 is 0 Å². The molecule has 0 spiro atoms. The topological polar surface area (TPSA) is 99.9 Å². The van der Waals surface area contributed by atoms with Crippen molar-refractivity contribution < 1.29 is 23.9 Å². The van der Waals surface area contributed by atoms with Gasteiger partial charge in [-0.2, -0.15) is 0 Å². The van der Waals surface area contributed by atoms with E-state index in [9.17, 15) is 19.5 Å². The zero-order valence-corrected chi connectivity index (χ0v) is 14.7. The molecule has 8 heteroatoms. The second kappa shape index (κ2) is 7.21. The Balaban J connectivity index is 2.00. The standard InChI is InChI=1S/C18H17ClN2O5/c1-2-13-11(18(24)25)9-14(26-13)17(23)21-8-7-20-16(22)15(21)10-5-3-4-6-12(10)19/h3-6,9,15H,2,7-8H2,1H3,(H,20,22)(H,24,25). The van der Waals surface area contributed by atoms with E-state index in [0.717, 1.165) is 0 Å². The highest BCUT2D eigenvalue weighted by molar-refractivity contribution is 6.31. The van der Waals surface area contributed by atoms with Crippen molar-refractivity contribution in [3.63, 3.8) is 0 Å². The molecule has 1 fully saturated rings. The van der Waals surface area contributed by atoms with Gasteiger partial charge in [-0.3, -0.25) is 9.59 Å². The van der Waals surface area contributed by atoms with Crippen LogP contribution in [0.1, 0.15) is 45.2 Å². The largest absolute Gasteiger partial charge is 0.478 e. The summed E-state index contributed by atoms with van der Waals surface area (Å²) in [5.41, 5.74) is 0.451. The molecule has 1 unspecified atom stereocenters. The van der Waals surface area contributed by atoms with Crippen molar-refractivity contribution in [2.45, 2.75) is 19.4 Å². The average molecular weight is 377 g/mol. The summed E-state index contributed by atoms with van der Waals surface area (Å²) in [5, 5.41) is 12.3. The zero-order valence-electron chi connectivity index (χ0n) is 14.0. The third-order valence-electron chi connectivity index (χ3n) is 4.24. The molecule has 0 radical (unpaired) electrons. The third-order valence-corrected chi connectivity index (χ3v) is 4.59. The molecule has 1 aliphatic heterocycles. The van der Waals surface area contributed by atoms with Gasteiger partial charge in [0, 0.05) is 36.2 Å². The molecule has 1 saturated heterocycles. The van der Waals surface area contributed by atoms with Gasteiger partial charge in [0.25, 0.3) is 5.91 Å². The van der Waals surface area contributed by atoms with E-state index in [-0.39, 0.29) is 29.5 Å². The lowest BCUT2D eigenvalue weighted by molar-refractivity contribution is -0.128. The minimum absolute atomic E-state index is 0.0494. The first-order valence-corrected chi connectivity index (χ1v) is 8.51. The number of hydrogen-bond donors (Lipinski definition) is 2. The van der Waals surface area contributed by atoms with Crippen LogP contribution in [0.2, 0.25) is 5.02 Å². The van der Waals surface area contributed by atoms with Gasteiger partial charge < -0.3 is 19.7 Å². The lowest BCUT2D eigenvalue weighted by Crippen LogP contribution is -2.52. The van der Waals surface area contributed by atoms with Crippen LogP contribution in [0.4, 0.5) is 0 Å². The van der Waals surface area contributed by atoms with Gasteiger partial charge in [0.05, 0.1) is 0 Å². The predicted molar refractivity (Wildman–Crippen MR) is 93.3 cm³/mol. The molecule has 7 nitrogen and oxygen atoms in total. The van der Waals surface area contributed by atoms with Crippen LogP contribution < -0.4 is 5.32 Å². The highest BCUT2D eigenvalue weighted by atomic mass is 35.5. The Morgan fingerprint density at radius 3 is 2.73 bits per heavy atom. The Labute approximate surface area is 154 Å². The number of benzene rings is 1. The number of piperazine rings is 1. The molecular formula is C18H17ClN2O5. The predicted octanol–water partition coefficient (Wildman–Crippen LogP) is 2.51. The van der Waals surface area contributed by atoms with Gasteiger partial charge in [-0.1, -0.05) is 36.7 Å². The number of rotatable bonds is 4. The van der Waals surface area contributed by atoms with E-state index in [1.165, 1.54) is 11.0 Å². The fourth-order valence-corrected chi connectivity index (χ4v) is 3.25. The second-order valence-electron chi connectivity index (χ2n) is 5.82. The number of carbonyl (C=O) groups is 3. The first kappa shape index (κ1) is 18.0. The lowest BCUT2D eigenvalue weighted by Gasteiger charge is -2.35. The van der Waals surface area contributed by atoms with Crippen LogP contribution in [0, 0.1) is 0 Å². The molecule has 2 N–H and O–H groups in total. The minimum Gasteiger partial charge on any atom is -0.478 e. The van der Waals surface area contributed by atoms with Crippen LogP contribution in [0.15, 0.2) is 34.7 Å². The Hall–Kier alpha value is -2.80. The van der Waals surface area contributed by atoms with Crippen molar-refractivity contribution >= 4 is 29.4 Å². The van der Waals surface area contributed by atoms with E-state index < -0.39 is 17.9 Å². The summed E-state index contributed by atoms with van der Waals surface area (Å²) < 4.78 is 5.45. The highest BCUT2D eigenvalue weighted by Gasteiger charge is 2.37. The fraction of sp³-hybridized carbons (Fsp3) is 0.278. The quantitative estimate of drug-likeness (QED) is 0.854. The molecule has 2 heterocycles. The fourth-order valence-electron chi connectivity index (χ4n) is 3.01. The Kier molecular flexibility index (Phi) is 4.99. The lowest BCUT2D eigenvalue weighted by atomic mass is 10.0. The number of halogens is 1. The molecule has 3 rings (SSSR count). The van der Waals surface area contributed by atoms with Gasteiger partial charge in [-0.25, -0.2) is 4.79 Å². The maximum atomic E-state index is 13.0. The number of hydrogen-bond acceptors (Lipinski definition) is 4. The number of furan rings is 1. The van der Waals surface area contributed by atoms with Crippen molar-refractivity contribution in [2.24, 2.45) is 0 Å². The van der Waals surface area contributed by atoms with Crippen molar-refractivity contribution in [2.75, 3.05) is 13.1 Å². The van der Waals surface area contributed by atoms with Crippen LogP contribution in [0.5, 0.6) is 0 Å². The Morgan fingerprint density at radius 2 is 2.12 bits per heavy atom. The number of carboxylic acids is 1. The van der Waals surface area contributed by atoms with Crippen LogP contribution in [-0.2, 0) is 11.2 Å². The first-order chi connectivity index (χ1) is 12.4. The number of aromatic carboxylic acids is 1. The summed E-state index contributed by atoms with van der Waals surface area (Å²) in [6, 6.07) is 7.09. The molecule has 26 heavy (non-hydrogen) atoms. The van der Waals surface area contributed by atoms with E-state index in [1.807, 2.05) is 0 Å². The second-order valence-corrected chi connectivity index (χ2v) is 6.23. The highest BCUT2D eigenvalue weighted by Crippen LogP contribution is 2.31. The summed E-state index contributed by atoms with van der Waals surface area (Å²) in [6.07, 6.45) is 0.337. The van der Waals surface area contributed by atoms with E-state index in [1.54, 1.807) is 31.2 Å². The van der Waals surface area contributed by atoms with Crippen molar-refractivity contribution in [3.05, 3.63) is 58.0 Å². The van der Waals surface area contributed by atoms with Gasteiger partial charge in [0.2, 0.25) is 5.91 Å². The number of carbonyl (C=O) groups excluding carboxylic acids is 2. The molecule has 0 aliphatic carbocycles. The van der Waals surface area contributed by atoms with Gasteiger partial charge in [0.15, 0.2) is 5.76 Å². The summed E-state index contributed by atoms with van der Waals surface area (Å²) in [5.74, 6) is -1.95. The van der Waals surface area contributed by atoms with Crippen molar-refractivity contribution in [1.29, 1.82) is 0 Å².